The van der Waals surface area contributed by atoms with Crippen molar-refractivity contribution in [3.8, 4) is 5.75 Å². The van der Waals surface area contributed by atoms with Crippen LogP contribution in [0, 0.1) is 5.82 Å². The predicted molar refractivity (Wildman–Crippen MR) is 46.5 cm³/mol. The Labute approximate surface area is 90.4 Å². The van der Waals surface area contributed by atoms with Gasteiger partial charge in [0.05, 0.1) is 10.2 Å². The molecular formula is C7H5BrF4N2O. The molecule has 0 unspecified atom stereocenters. The lowest BCUT2D eigenvalue weighted by atomic mass is 10.3. The Balaban J connectivity index is 3.15. The van der Waals surface area contributed by atoms with E-state index in [0.717, 1.165) is 6.20 Å². The molecule has 0 aliphatic carbocycles. The van der Waals surface area contributed by atoms with Gasteiger partial charge in [-0.05, 0) is 15.9 Å². The molecule has 0 fully saturated rings. The molecule has 0 amide bonds. The lowest BCUT2D eigenvalue weighted by molar-refractivity contribution is -0.275. The molecule has 1 aromatic heterocycles. The highest BCUT2D eigenvalue weighted by Crippen LogP contribution is 2.33. The van der Waals surface area contributed by atoms with Gasteiger partial charge in [-0.25, -0.2) is 4.39 Å². The summed E-state index contributed by atoms with van der Waals surface area (Å²) in [6, 6.07) is 0. The first-order chi connectivity index (χ1) is 6.85. The Bertz CT molecular complexity index is 369. The second-order valence-electron chi connectivity index (χ2n) is 2.45. The van der Waals surface area contributed by atoms with Crippen LogP contribution < -0.4 is 10.5 Å². The fourth-order valence-corrected chi connectivity index (χ4v) is 1.19. The third-order valence-corrected chi connectivity index (χ3v) is 1.98. The summed E-state index contributed by atoms with van der Waals surface area (Å²) in [4.78, 5) is 3.49. The average Bonchev–Trinajstić information content (AvgIpc) is 2.11. The minimum Gasteiger partial charge on any atom is -0.401 e. The molecule has 1 aromatic rings. The van der Waals surface area contributed by atoms with Crippen LogP contribution in [-0.2, 0) is 6.54 Å². The lowest BCUT2D eigenvalue weighted by Gasteiger charge is -2.12. The number of ether oxygens (including phenoxy) is 1. The minimum atomic E-state index is -4.96. The van der Waals surface area contributed by atoms with Crippen molar-refractivity contribution in [2.24, 2.45) is 5.73 Å². The highest BCUT2D eigenvalue weighted by atomic mass is 79.9. The van der Waals surface area contributed by atoms with Crippen LogP contribution in [0.3, 0.4) is 0 Å². The maximum atomic E-state index is 13.3. The summed E-state index contributed by atoms with van der Waals surface area (Å²) in [5.74, 6) is -2.18. The van der Waals surface area contributed by atoms with Crippen molar-refractivity contribution in [1.82, 2.24) is 4.98 Å². The topological polar surface area (TPSA) is 48.1 Å². The summed E-state index contributed by atoms with van der Waals surface area (Å²) in [7, 11) is 0. The monoisotopic (exact) mass is 288 g/mol. The standard InChI is InChI=1S/C7H5BrF4N2O/c8-3-2-14-4(1-13)5(9)6(3)15-7(10,11)12/h2H,1,13H2. The molecule has 84 valence electrons. The SMILES string of the molecule is NCc1ncc(Br)c(OC(F)(F)F)c1F. The normalized spacial score (nSPS) is 11.6. The zero-order valence-corrected chi connectivity index (χ0v) is 8.69. The fourth-order valence-electron chi connectivity index (χ4n) is 0.837. The van der Waals surface area contributed by atoms with Gasteiger partial charge in [0.1, 0.15) is 0 Å². The predicted octanol–water partition coefficient (Wildman–Crippen LogP) is 2.34. The van der Waals surface area contributed by atoms with Crippen molar-refractivity contribution >= 4 is 15.9 Å². The van der Waals surface area contributed by atoms with Crippen molar-refractivity contribution in [3.63, 3.8) is 0 Å². The molecule has 0 aliphatic heterocycles. The Morgan fingerprint density at radius 1 is 1.47 bits per heavy atom. The Kier molecular flexibility index (Phi) is 3.50. The summed E-state index contributed by atoms with van der Waals surface area (Å²) in [6.07, 6.45) is -3.97. The Morgan fingerprint density at radius 2 is 2.07 bits per heavy atom. The third kappa shape index (κ3) is 3.03. The van der Waals surface area contributed by atoms with Crippen LogP contribution in [0.15, 0.2) is 10.7 Å². The molecule has 0 atom stereocenters. The van der Waals surface area contributed by atoms with Gasteiger partial charge < -0.3 is 10.5 Å². The highest BCUT2D eigenvalue weighted by molar-refractivity contribution is 9.10. The largest absolute Gasteiger partial charge is 0.573 e. The van der Waals surface area contributed by atoms with E-state index in [9.17, 15) is 17.6 Å². The number of hydrogen-bond donors (Lipinski definition) is 1. The van der Waals surface area contributed by atoms with Gasteiger partial charge in [-0.3, -0.25) is 4.98 Å². The van der Waals surface area contributed by atoms with Crippen LogP contribution in [0.4, 0.5) is 17.6 Å². The van der Waals surface area contributed by atoms with Crippen LogP contribution >= 0.6 is 15.9 Å². The van der Waals surface area contributed by atoms with E-state index in [4.69, 9.17) is 5.73 Å². The van der Waals surface area contributed by atoms with E-state index >= 15 is 0 Å². The zero-order valence-electron chi connectivity index (χ0n) is 7.11. The second-order valence-corrected chi connectivity index (χ2v) is 3.30. The number of halogens is 5. The van der Waals surface area contributed by atoms with Crippen LogP contribution in [0.1, 0.15) is 5.69 Å². The van der Waals surface area contributed by atoms with Gasteiger partial charge in [0.15, 0.2) is 11.6 Å². The van der Waals surface area contributed by atoms with Gasteiger partial charge in [0, 0.05) is 12.7 Å². The van der Waals surface area contributed by atoms with E-state index in [-0.39, 0.29) is 16.7 Å². The number of aromatic nitrogens is 1. The lowest BCUT2D eigenvalue weighted by Crippen LogP contribution is -2.19. The number of alkyl halides is 3. The van der Waals surface area contributed by atoms with Crippen molar-refractivity contribution in [2.75, 3.05) is 0 Å². The summed E-state index contributed by atoms with van der Waals surface area (Å²) < 4.78 is 52.2. The Hall–Kier alpha value is -0.890. The summed E-state index contributed by atoms with van der Waals surface area (Å²) in [5.41, 5.74) is 4.78. The smallest absolute Gasteiger partial charge is 0.401 e. The molecule has 0 aromatic carbocycles. The maximum Gasteiger partial charge on any atom is 0.573 e. The molecular weight excluding hydrogens is 284 g/mol. The van der Waals surface area contributed by atoms with Gasteiger partial charge >= 0.3 is 6.36 Å². The van der Waals surface area contributed by atoms with Crippen LogP contribution in [-0.4, -0.2) is 11.3 Å². The molecule has 8 heteroatoms. The van der Waals surface area contributed by atoms with Crippen molar-refractivity contribution in [2.45, 2.75) is 12.9 Å². The number of pyridine rings is 1. The summed E-state index contributed by atoms with van der Waals surface area (Å²) in [6.45, 7) is -0.312. The van der Waals surface area contributed by atoms with Crippen molar-refractivity contribution in [3.05, 3.63) is 22.2 Å². The van der Waals surface area contributed by atoms with Crippen LogP contribution in [0.5, 0.6) is 5.75 Å². The third-order valence-electron chi connectivity index (χ3n) is 1.41. The van der Waals surface area contributed by atoms with Gasteiger partial charge in [-0.2, -0.15) is 0 Å². The quantitative estimate of drug-likeness (QED) is 0.850. The molecule has 0 spiro atoms. The Morgan fingerprint density at radius 3 is 2.53 bits per heavy atom. The van der Waals surface area contributed by atoms with Gasteiger partial charge in [0.25, 0.3) is 0 Å². The van der Waals surface area contributed by atoms with Gasteiger partial charge in [0.2, 0.25) is 0 Å². The molecule has 15 heavy (non-hydrogen) atoms. The highest BCUT2D eigenvalue weighted by Gasteiger charge is 2.34. The molecule has 0 aliphatic rings. The molecule has 0 saturated carbocycles. The number of nitrogens with zero attached hydrogens (tertiary/aromatic N) is 1. The fraction of sp³-hybridized carbons (Fsp3) is 0.286. The van der Waals surface area contributed by atoms with E-state index in [2.05, 4.69) is 25.7 Å². The first-order valence-corrected chi connectivity index (χ1v) is 4.43. The van der Waals surface area contributed by atoms with Crippen molar-refractivity contribution < 1.29 is 22.3 Å². The molecule has 3 nitrogen and oxygen atoms in total. The van der Waals surface area contributed by atoms with Gasteiger partial charge in [-0.15, -0.1) is 13.2 Å². The van der Waals surface area contributed by atoms with Crippen LogP contribution in [0.2, 0.25) is 0 Å². The number of rotatable bonds is 2. The van der Waals surface area contributed by atoms with E-state index in [1.807, 2.05) is 0 Å². The van der Waals surface area contributed by atoms with Gasteiger partial charge in [-0.1, -0.05) is 0 Å². The van der Waals surface area contributed by atoms with Crippen molar-refractivity contribution in [1.29, 1.82) is 0 Å². The van der Waals surface area contributed by atoms with E-state index in [1.54, 1.807) is 0 Å². The summed E-state index contributed by atoms with van der Waals surface area (Å²) >= 11 is 2.69. The second kappa shape index (κ2) is 4.31. The molecule has 1 rings (SSSR count). The molecule has 1 heterocycles. The minimum absolute atomic E-state index is 0.227. The maximum absolute atomic E-state index is 13.3. The van der Waals surface area contributed by atoms with Crippen LogP contribution in [0.25, 0.3) is 0 Å². The zero-order chi connectivity index (χ0) is 11.6. The van der Waals surface area contributed by atoms with E-state index in [0.29, 0.717) is 0 Å². The molecule has 2 N–H and O–H groups in total. The molecule has 0 bridgehead atoms. The first-order valence-electron chi connectivity index (χ1n) is 3.64. The molecule has 0 saturated heterocycles. The average molecular weight is 289 g/mol. The number of hydrogen-bond acceptors (Lipinski definition) is 3. The first kappa shape index (κ1) is 12.2. The van der Waals surface area contributed by atoms with E-state index < -0.39 is 17.9 Å². The summed E-state index contributed by atoms with van der Waals surface area (Å²) in [5, 5.41) is 0. The van der Waals surface area contributed by atoms with E-state index in [1.165, 1.54) is 0 Å². The number of nitrogens with two attached hydrogens (primary N) is 1. The molecule has 0 radical (unpaired) electrons.